The summed E-state index contributed by atoms with van der Waals surface area (Å²) >= 11 is 0. The lowest BCUT2D eigenvalue weighted by Crippen LogP contribution is -2.41. The van der Waals surface area contributed by atoms with Gasteiger partial charge < -0.3 is 24.7 Å². The van der Waals surface area contributed by atoms with E-state index in [-0.39, 0.29) is 35.9 Å². The summed E-state index contributed by atoms with van der Waals surface area (Å²) in [4.78, 5) is 39.4. The van der Waals surface area contributed by atoms with Crippen molar-refractivity contribution in [1.82, 2.24) is 25.2 Å². The van der Waals surface area contributed by atoms with Crippen LogP contribution in [0.2, 0.25) is 0 Å². The van der Waals surface area contributed by atoms with Crippen molar-refractivity contribution >= 4 is 22.8 Å². The molecule has 3 aromatic rings. The summed E-state index contributed by atoms with van der Waals surface area (Å²) in [6.45, 7) is 6.97. The molecule has 1 aliphatic heterocycles. The fourth-order valence-electron chi connectivity index (χ4n) is 4.90. The minimum absolute atomic E-state index is 0.0104. The molecule has 1 aromatic carbocycles. The van der Waals surface area contributed by atoms with Crippen molar-refractivity contribution in [2.24, 2.45) is 11.8 Å². The van der Waals surface area contributed by atoms with E-state index in [4.69, 9.17) is 9.47 Å². The van der Waals surface area contributed by atoms with Crippen LogP contribution in [0.5, 0.6) is 5.75 Å². The number of halogens is 1. The van der Waals surface area contributed by atoms with Crippen LogP contribution in [0.25, 0.3) is 22.3 Å². The first-order valence-corrected chi connectivity index (χ1v) is 12.6. The molecule has 2 amide bonds. The van der Waals surface area contributed by atoms with Crippen molar-refractivity contribution in [1.29, 1.82) is 0 Å². The number of hydrogen-bond donors (Lipinski definition) is 2. The van der Waals surface area contributed by atoms with E-state index in [9.17, 15) is 9.59 Å². The first-order chi connectivity index (χ1) is 17.8. The molecule has 2 fully saturated rings. The second-order valence-electron chi connectivity index (χ2n) is 10.2. The lowest BCUT2D eigenvalue weighted by Gasteiger charge is -2.17. The molecule has 9 nitrogen and oxygen atoms in total. The molecule has 0 unspecified atom stereocenters. The molecule has 2 atom stereocenters. The Balaban J connectivity index is 1.46. The van der Waals surface area contributed by atoms with Crippen LogP contribution in [0.3, 0.4) is 0 Å². The second-order valence-corrected chi connectivity index (χ2v) is 10.2. The molecule has 1 aliphatic carbocycles. The largest absolute Gasteiger partial charge is 0.492 e. The van der Waals surface area contributed by atoms with Crippen LogP contribution in [-0.4, -0.2) is 71.1 Å². The Morgan fingerprint density at radius 2 is 2.00 bits per heavy atom. The number of nitrogens with one attached hydrogen (secondary N) is 2. The van der Waals surface area contributed by atoms with E-state index in [0.717, 1.165) is 12.8 Å². The first-order valence-electron chi connectivity index (χ1n) is 12.6. The van der Waals surface area contributed by atoms with Crippen molar-refractivity contribution in [2.75, 3.05) is 33.4 Å². The monoisotopic (exact) mass is 509 g/mol. The number of carbonyl (C=O) groups excluding carboxylic acids is 2. The number of amides is 2. The number of H-pyrrole nitrogens is 1. The summed E-state index contributed by atoms with van der Waals surface area (Å²) in [7, 11) is 1.48. The molecule has 196 valence electrons. The summed E-state index contributed by atoms with van der Waals surface area (Å²) in [6, 6.07) is 3.25. The van der Waals surface area contributed by atoms with Gasteiger partial charge in [0.1, 0.15) is 35.7 Å². The van der Waals surface area contributed by atoms with Gasteiger partial charge in [-0.15, -0.1) is 0 Å². The Morgan fingerprint density at radius 3 is 2.73 bits per heavy atom. The summed E-state index contributed by atoms with van der Waals surface area (Å²) in [6.07, 6.45) is 3.58. The van der Waals surface area contributed by atoms with E-state index >= 15 is 4.39 Å². The topological polar surface area (TPSA) is 109 Å². The number of benzene rings is 1. The van der Waals surface area contributed by atoms with Gasteiger partial charge in [0.25, 0.3) is 5.91 Å². The molecule has 10 heteroatoms. The number of hydrogen-bond acceptors (Lipinski definition) is 6. The lowest BCUT2D eigenvalue weighted by atomic mass is 10.0. The minimum atomic E-state index is -0.410. The number of aromatic amines is 1. The van der Waals surface area contributed by atoms with E-state index in [1.54, 1.807) is 30.9 Å². The number of aromatic nitrogens is 3. The van der Waals surface area contributed by atoms with Crippen LogP contribution in [0.15, 0.2) is 18.5 Å². The van der Waals surface area contributed by atoms with Gasteiger partial charge in [0.15, 0.2) is 0 Å². The number of methoxy groups -OCH3 is 1. The number of fused-ring (bicyclic) bond motifs is 1. The van der Waals surface area contributed by atoms with Gasteiger partial charge >= 0.3 is 0 Å². The smallest absolute Gasteiger partial charge is 0.255 e. The van der Waals surface area contributed by atoms with Gasteiger partial charge in [-0.1, -0.05) is 13.0 Å². The molecule has 2 aromatic heterocycles. The molecule has 5 rings (SSSR count). The summed E-state index contributed by atoms with van der Waals surface area (Å²) in [5, 5.41) is 3.07. The van der Waals surface area contributed by atoms with Crippen molar-refractivity contribution in [2.45, 2.75) is 39.7 Å². The highest BCUT2D eigenvalue weighted by Gasteiger charge is 2.34. The van der Waals surface area contributed by atoms with E-state index in [2.05, 4.69) is 20.3 Å². The van der Waals surface area contributed by atoms with Crippen LogP contribution in [0.4, 0.5) is 4.39 Å². The maximum absolute atomic E-state index is 15.5. The maximum Gasteiger partial charge on any atom is 0.255 e. The predicted molar refractivity (Wildman–Crippen MR) is 136 cm³/mol. The van der Waals surface area contributed by atoms with Crippen LogP contribution in [0, 0.1) is 31.5 Å². The normalized spacial score (nSPS) is 19.4. The van der Waals surface area contributed by atoms with E-state index in [0.29, 0.717) is 64.9 Å². The highest BCUT2D eigenvalue weighted by molar-refractivity contribution is 6.09. The third kappa shape index (κ3) is 4.90. The molecule has 2 aliphatic rings. The highest BCUT2D eigenvalue weighted by atomic mass is 19.1. The zero-order valence-corrected chi connectivity index (χ0v) is 21.6. The Bertz CT molecular complexity index is 1350. The molecule has 3 heterocycles. The van der Waals surface area contributed by atoms with Gasteiger partial charge in [-0.25, -0.2) is 14.4 Å². The molecule has 2 N–H and O–H groups in total. The number of ether oxygens (including phenoxy) is 2. The zero-order valence-electron chi connectivity index (χ0n) is 21.6. The van der Waals surface area contributed by atoms with Crippen molar-refractivity contribution in [3.63, 3.8) is 0 Å². The summed E-state index contributed by atoms with van der Waals surface area (Å²) < 4.78 is 26.4. The van der Waals surface area contributed by atoms with Crippen LogP contribution in [-0.2, 0) is 9.53 Å². The SMILES string of the molecule is COCC(=O)N1C[C@H](C)[C@H](NC(=O)c2c(C)[nH]c3c(-c4c(OCC5CC5)ccc(C)c4F)ncnc23)C1. The van der Waals surface area contributed by atoms with Gasteiger partial charge in [0.05, 0.1) is 29.3 Å². The molecule has 1 saturated heterocycles. The Morgan fingerprint density at radius 1 is 1.22 bits per heavy atom. The number of carbonyl (C=O) groups is 2. The van der Waals surface area contributed by atoms with Gasteiger partial charge in [0.2, 0.25) is 5.91 Å². The van der Waals surface area contributed by atoms with Crippen LogP contribution in [0.1, 0.15) is 41.4 Å². The minimum Gasteiger partial charge on any atom is -0.492 e. The number of aryl methyl sites for hydroxylation is 2. The first kappa shape index (κ1) is 25.1. The molecular formula is C27H32FN5O4. The molecule has 37 heavy (non-hydrogen) atoms. The van der Waals surface area contributed by atoms with Gasteiger partial charge in [-0.05, 0) is 50.2 Å². The predicted octanol–water partition coefficient (Wildman–Crippen LogP) is 3.39. The fourth-order valence-corrected chi connectivity index (χ4v) is 4.90. The third-order valence-corrected chi connectivity index (χ3v) is 7.25. The van der Waals surface area contributed by atoms with E-state index in [1.807, 2.05) is 6.92 Å². The average Bonchev–Trinajstić information content (AvgIpc) is 3.53. The molecule has 0 spiro atoms. The van der Waals surface area contributed by atoms with Gasteiger partial charge in [-0.2, -0.15) is 0 Å². The Kier molecular flexibility index (Phi) is 6.85. The van der Waals surface area contributed by atoms with E-state index in [1.165, 1.54) is 13.4 Å². The van der Waals surface area contributed by atoms with E-state index < -0.39 is 5.82 Å². The van der Waals surface area contributed by atoms with Crippen LogP contribution < -0.4 is 10.1 Å². The van der Waals surface area contributed by atoms with Crippen LogP contribution >= 0.6 is 0 Å². The highest BCUT2D eigenvalue weighted by Crippen LogP contribution is 2.39. The third-order valence-electron chi connectivity index (χ3n) is 7.25. The van der Waals surface area contributed by atoms with Crippen molar-refractivity contribution in [3.8, 4) is 17.0 Å². The number of rotatable bonds is 8. The van der Waals surface area contributed by atoms with Gasteiger partial charge in [-0.3, -0.25) is 9.59 Å². The molecular weight excluding hydrogens is 477 g/mol. The Hall–Kier alpha value is -3.53. The standard InChI is InChI=1S/C27H32FN5O4/c1-14-5-8-19(37-11-17-6-7-17)22(23(14)28)25-26-24(29-13-30-25)21(16(3)31-26)27(35)32-18-10-33(9-15(18)2)20(34)12-36-4/h5,8,13,15,17-18,31H,6-7,9-12H2,1-4H3,(H,32,35)/t15-,18+/m0/s1. The Labute approximate surface area is 214 Å². The number of likely N-dealkylation sites (tertiary alicyclic amines) is 1. The molecule has 1 saturated carbocycles. The van der Waals surface area contributed by atoms with Crippen molar-refractivity contribution in [3.05, 3.63) is 41.1 Å². The quantitative estimate of drug-likeness (QED) is 0.482. The number of nitrogens with zero attached hydrogens (tertiary/aromatic N) is 3. The average molecular weight is 510 g/mol. The fraction of sp³-hybridized carbons (Fsp3) is 0.481. The zero-order chi connectivity index (χ0) is 26.3. The van der Waals surface area contributed by atoms with Gasteiger partial charge in [0, 0.05) is 25.9 Å². The van der Waals surface area contributed by atoms with Crippen molar-refractivity contribution < 1.29 is 23.5 Å². The summed E-state index contributed by atoms with van der Waals surface area (Å²) in [5.41, 5.74) is 2.95. The molecule has 0 bridgehead atoms. The maximum atomic E-state index is 15.5. The summed E-state index contributed by atoms with van der Waals surface area (Å²) in [5.74, 6) is 0.186. The molecule has 0 radical (unpaired) electrons. The lowest BCUT2D eigenvalue weighted by molar-refractivity contribution is -0.134. The second kappa shape index (κ2) is 10.1.